The number of halogens is 1. The normalized spacial score (nSPS) is 16.9. The molecule has 1 N–H and O–H groups in total. The van der Waals surface area contributed by atoms with Crippen molar-refractivity contribution in [1.82, 2.24) is 15.1 Å². The maximum atomic E-state index is 12.7. The van der Waals surface area contributed by atoms with Crippen molar-refractivity contribution in [2.45, 2.75) is 38.3 Å². The number of fused-ring (bicyclic) bond motifs is 2. The van der Waals surface area contributed by atoms with Gasteiger partial charge in [0, 0.05) is 16.3 Å². The molecule has 1 amide bonds. The van der Waals surface area contributed by atoms with E-state index in [0.717, 1.165) is 46.7 Å². The van der Waals surface area contributed by atoms with Gasteiger partial charge in [0.25, 0.3) is 0 Å². The smallest absolute Gasteiger partial charge is 0.231 e. The van der Waals surface area contributed by atoms with Gasteiger partial charge in [0.2, 0.25) is 12.7 Å². The van der Waals surface area contributed by atoms with E-state index in [4.69, 9.17) is 21.1 Å². The van der Waals surface area contributed by atoms with Crippen molar-refractivity contribution >= 4 is 17.5 Å². The number of benzene rings is 2. The largest absolute Gasteiger partial charge is 0.454 e. The predicted octanol–water partition coefficient (Wildman–Crippen LogP) is 4.05. The molecule has 3 aromatic rings. The Morgan fingerprint density at radius 2 is 2.07 bits per heavy atom. The Labute approximate surface area is 179 Å². The molecule has 30 heavy (non-hydrogen) atoms. The molecule has 0 saturated carbocycles. The zero-order valence-electron chi connectivity index (χ0n) is 16.4. The minimum absolute atomic E-state index is 0.00527. The van der Waals surface area contributed by atoms with Crippen LogP contribution >= 0.6 is 11.6 Å². The molecule has 1 aromatic heterocycles. The zero-order chi connectivity index (χ0) is 20.5. The summed E-state index contributed by atoms with van der Waals surface area (Å²) >= 11 is 6.11. The molecule has 2 aliphatic rings. The van der Waals surface area contributed by atoms with Crippen molar-refractivity contribution < 1.29 is 14.3 Å². The monoisotopic (exact) mass is 423 g/mol. The van der Waals surface area contributed by atoms with Crippen molar-refractivity contribution in [3.63, 3.8) is 0 Å². The highest BCUT2D eigenvalue weighted by Gasteiger charge is 2.26. The fourth-order valence-electron chi connectivity index (χ4n) is 4.19. The number of rotatable bonds is 5. The van der Waals surface area contributed by atoms with Gasteiger partial charge in [-0.1, -0.05) is 29.8 Å². The quantitative estimate of drug-likeness (QED) is 0.672. The molecule has 0 unspecified atom stereocenters. The van der Waals surface area contributed by atoms with Crippen LogP contribution < -0.4 is 14.8 Å². The van der Waals surface area contributed by atoms with Crippen LogP contribution in [0.25, 0.3) is 0 Å². The van der Waals surface area contributed by atoms with E-state index in [-0.39, 0.29) is 18.7 Å². The molecule has 1 aliphatic carbocycles. The third-order valence-corrected chi connectivity index (χ3v) is 5.86. The van der Waals surface area contributed by atoms with Gasteiger partial charge < -0.3 is 14.8 Å². The lowest BCUT2D eigenvalue weighted by molar-refractivity contribution is -0.121. The van der Waals surface area contributed by atoms with Gasteiger partial charge in [-0.05, 0) is 54.7 Å². The molecule has 1 atom stereocenters. The van der Waals surface area contributed by atoms with E-state index < -0.39 is 0 Å². The van der Waals surface area contributed by atoms with Crippen molar-refractivity contribution in [3.05, 3.63) is 76.1 Å². The molecule has 5 rings (SSSR count). The van der Waals surface area contributed by atoms with Crippen molar-refractivity contribution in [2.75, 3.05) is 6.79 Å². The first kappa shape index (κ1) is 19.0. The van der Waals surface area contributed by atoms with Gasteiger partial charge in [-0.3, -0.25) is 9.48 Å². The standard InChI is InChI=1S/C23H22ClN3O3/c24-17-4-1-3-16(9-17)13-27-20-6-2-5-19(18(20)12-25-27)26-23(28)11-15-7-8-21-22(10-15)30-14-29-21/h1,3-4,7-10,12,19H,2,5-6,11,13-14H2,(H,26,28)/t19-/m1/s1. The summed E-state index contributed by atoms with van der Waals surface area (Å²) in [7, 11) is 0. The minimum Gasteiger partial charge on any atom is -0.454 e. The fraction of sp³-hybridized carbons (Fsp3) is 0.304. The molecule has 2 heterocycles. The second-order valence-corrected chi connectivity index (χ2v) is 8.15. The Hall–Kier alpha value is -2.99. The summed E-state index contributed by atoms with van der Waals surface area (Å²) in [5, 5.41) is 8.51. The highest BCUT2D eigenvalue weighted by Crippen LogP contribution is 2.33. The highest BCUT2D eigenvalue weighted by molar-refractivity contribution is 6.30. The van der Waals surface area contributed by atoms with Crippen LogP contribution in [0.2, 0.25) is 5.02 Å². The summed E-state index contributed by atoms with van der Waals surface area (Å²) in [6.07, 6.45) is 5.10. The van der Waals surface area contributed by atoms with Crippen LogP contribution in [-0.2, 0) is 24.2 Å². The van der Waals surface area contributed by atoms with Crippen LogP contribution in [0.4, 0.5) is 0 Å². The molecule has 0 spiro atoms. The van der Waals surface area contributed by atoms with Gasteiger partial charge in [-0.25, -0.2) is 0 Å². The first-order chi connectivity index (χ1) is 14.7. The molecular formula is C23H22ClN3O3. The van der Waals surface area contributed by atoms with E-state index in [1.807, 2.05) is 53.3 Å². The van der Waals surface area contributed by atoms with Crippen LogP contribution in [0.15, 0.2) is 48.7 Å². The molecule has 6 nitrogen and oxygen atoms in total. The second-order valence-electron chi connectivity index (χ2n) is 7.71. The van der Waals surface area contributed by atoms with Crippen LogP contribution in [0.1, 0.15) is 41.3 Å². The minimum atomic E-state index is -0.0108. The average Bonchev–Trinajstić information content (AvgIpc) is 3.35. The summed E-state index contributed by atoms with van der Waals surface area (Å²) in [6, 6.07) is 13.4. The zero-order valence-corrected chi connectivity index (χ0v) is 17.2. The summed E-state index contributed by atoms with van der Waals surface area (Å²) < 4.78 is 12.8. The SMILES string of the molecule is O=C(Cc1ccc2c(c1)OCO2)N[C@@H]1CCCc2c1cnn2Cc1cccc(Cl)c1. The Morgan fingerprint density at radius 3 is 2.97 bits per heavy atom. The van der Waals surface area contributed by atoms with Gasteiger partial charge in [-0.2, -0.15) is 5.10 Å². The molecular weight excluding hydrogens is 402 g/mol. The molecule has 7 heteroatoms. The van der Waals surface area contributed by atoms with Crippen LogP contribution in [0.3, 0.4) is 0 Å². The summed E-state index contributed by atoms with van der Waals surface area (Å²) in [4.78, 5) is 12.7. The summed E-state index contributed by atoms with van der Waals surface area (Å²) in [5.41, 5.74) is 4.32. The molecule has 1 aliphatic heterocycles. The first-order valence-electron chi connectivity index (χ1n) is 10.1. The number of aromatic nitrogens is 2. The van der Waals surface area contributed by atoms with Gasteiger partial charge in [0.1, 0.15) is 0 Å². The summed E-state index contributed by atoms with van der Waals surface area (Å²) in [6.45, 7) is 0.906. The van der Waals surface area contributed by atoms with E-state index in [0.29, 0.717) is 18.7 Å². The van der Waals surface area contributed by atoms with Gasteiger partial charge >= 0.3 is 0 Å². The molecule has 0 bridgehead atoms. The van der Waals surface area contributed by atoms with E-state index >= 15 is 0 Å². The lowest BCUT2D eigenvalue weighted by Gasteiger charge is -2.24. The maximum Gasteiger partial charge on any atom is 0.231 e. The number of carbonyl (C=O) groups is 1. The molecule has 154 valence electrons. The first-order valence-corrected chi connectivity index (χ1v) is 10.5. The van der Waals surface area contributed by atoms with Crippen LogP contribution in [0, 0.1) is 0 Å². The number of nitrogens with one attached hydrogen (secondary N) is 1. The summed E-state index contributed by atoms with van der Waals surface area (Å²) in [5.74, 6) is 1.42. The Bertz CT molecular complexity index is 1100. The predicted molar refractivity (Wildman–Crippen MR) is 113 cm³/mol. The topological polar surface area (TPSA) is 65.4 Å². The number of nitrogens with zero attached hydrogens (tertiary/aromatic N) is 2. The molecule has 2 aromatic carbocycles. The van der Waals surface area contributed by atoms with Gasteiger partial charge in [-0.15, -0.1) is 0 Å². The Morgan fingerprint density at radius 1 is 1.17 bits per heavy atom. The molecule has 0 radical (unpaired) electrons. The fourth-order valence-corrected chi connectivity index (χ4v) is 4.41. The van der Waals surface area contributed by atoms with Crippen molar-refractivity contribution in [2.24, 2.45) is 0 Å². The Kier molecular flexibility index (Phi) is 5.09. The van der Waals surface area contributed by atoms with Crippen LogP contribution in [0.5, 0.6) is 11.5 Å². The Balaban J connectivity index is 1.28. The van der Waals surface area contributed by atoms with E-state index in [1.54, 1.807) is 0 Å². The number of carbonyl (C=O) groups excluding carboxylic acids is 1. The number of ether oxygens (including phenoxy) is 2. The van der Waals surface area contributed by atoms with E-state index in [1.165, 1.54) is 5.69 Å². The number of hydrogen-bond donors (Lipinski definition) is 1. The number of amides is 1. The van der Waals surface area contributed by atoms with E-state index in [2.05, 4.69) is 10.4 Å². The van der Waals surface area contributed by atoms with Crippen LogP contribution in [-0.4, -0.2) is 22.5 Å². The maximum absolute atomic E-state index is 12.7. The van der Waals surface area contributed by atoms with Gasteiger partial charge in [0.15, 0.2) is 11.5 Å². The van der Waals surface area contributed by atoms with E-state index in [9.17, 15) is 4.79 Å². The molecule has 0 saturated heterocycles. The second kappa shape index (κ2) is 8.03. The number of hydrogen-bond acceptors (Lipinski definition) is 4. The average molecular weight is 424 g/mol. The lowest BCUT2D eigenvalue weighted by atomic mass is 9.92. The highest BCUT2D eigenvalue weighted by atomic mass is 35.5. The lowest BCUT2D eigenvalue weighted by Crippen LogP contribution is -2.32. The van der Waals surface area contributed by atoms with Gasteiger partial charge in [0.05, 0.1) is 25.2 Å². The third kappa shape index (κ3) is 3.87. The third-order valence-electron chi connectivity index (χ3n) is 5.62. The molecule has 0 fully saturated rings. The van der Waals surface area contributed by atoms with Crippen molar-refractivity contribution in [1.29, 1.82) is 0 Å². The van der Waals surface area contributed by atoms with Crippen molar-refractivity contribution in [3.8, 4) is 11.5 Å².